The summed E-state index contributed by atoms with van der Waals surface area (Å²) in [5.74, 6) is -0.203. The first-order valence-electron chi connectivity index (χ1n) is 7.98. The van der Waals surface area contributed by atoms with Crippen LogP contribution in [0.1, 0.15) is 17.2 Å². The van der Waals surface area contributed by atoms with Crippen LogP contribution in [0.2, 0.25) is 0 Å². The highest BCUT2D eigenvalue weighted by Crippen LogP contribution is 2.32. The lowest BCUT2D eigenvalue weighted by Gasteiger charge is -2.35. The van der Waals surface area contributed by atoms with Crippen molar-refractivity contribution in [3.05, 3.63) is 64.1 Å². The summed E-state index contributed by atoms with van der Waals surface area (Å²) in [4.78, 5) is 2.33. The minimum Gasteiger partial charge on any atom is -0.406 e. The van der Waals surface area contributed by atoms with Gasteiger partial charge in [0.1, 0.15) is 5.75 Å². The summed E-state index contributed by atoms with van der Waals surface area (Å²) in [6.45, 7) is 3.54. The molecule has 0 aromatic heterocycles. The van der Waals surface area contributed by atoms with E-state index in [-0.39, 0.29) is 36.6 Å². The zero-order valence-corrected chi connectivity index (χ0v) is 17.4. The van der Waals surface area contributed by atoms with Crippen molar-refractivity contribution in [2.45, 2.75) is 12.4 Å². The van der Waals surface area contributed by atoms with Gasteiger partial charge in [-0.25, -0.2) is 0 Å². The van der Waals surface area contributed by atoms with E-state index in [9.17, 15) is 13.2 Å². The standard InChI is InChI=1S/C18H18BrF3N2O.2ClH/c19-15-5-1-13(2-6-15)17(24-11-9-23-10-12-24)14-3-7-16(8-4-14)25-18(20,21)22;;/h1-8,17,23H,9-12H2;2*1H/t17-;;/m1../s1. The normalized spacial score (nSPS) is 16.0. The van der Waals surface area contributed by atoms with Gasteiger partial charge >= 0.3 is 6.36 Å². The third-order valence-corrected chi connectivity index (χ3v) is 4.66. The molecule has 3 rings (SSSR count). The fourth-order valence-electron chi connectivity index (χ4n) is 3.05. The van der Waals surface area contributed by atoms with Gasteiger partial charge in [0.2, 0.25) is 0 Å². The molecule has 0 unspecified atom stereocenters. The maximum atomic E-state index is 12.4. The van der Waals surface area contributed by atoms with Crippen molar-refractivity contribution in [1.29, 1.82) is 0 Å². The van der Waals surface area contributed by atoms with E-state index < -0.39 is 6.36 Å². The van der Waals surface area contributed by atoms with Crippen LogP contribution < -0.4 is 10.1 Å². The zero-order valence-electron chi connectivity index (χ0n) is 14.2. The highest BCUT2D eigenvalue weighted by molar-refractivity contribution is 9.10. The van der Waals surface area contributed by atoms with Crippen LogP contribution >= 0.6 is 40.7 Å². The SMILES string of the molecule is Cl.Cl.FC(F)(F)Oc1ccc([C@@H](c2ccc(Br)cc2)N2CCNCC2)cc1. The molecule has 1 N–H and O–H groups in total. The molecule has 0 radical (unpaired) electrons. The molecule has 2 aromatic carbocycles. The first-order chi connectivity index (χ1) is 11.9. The third kappa shape index (κ3) is 6.84. The fraction of sp³-hybridized carbons (Fsp3) is 0.333. The van der Waals surface area contributed by atoms with E-state index in [1.807, 2.05) is 24.3 Å². The molecular formula is C18H20BrCl2F3N2O. The Labute approximate surface area is 177 Å². The average Bonchev–Trinajstić information content (AvgIpc) is 2.58. The molecule has 27 heavy (non-hydrogen) atoms. The molecule has 0 bridgehead atoms. The highest BCUT2D eigenvalue weighted by Gasteiger charge is 2.31. The minimum absolute atomic E-state index is 0. The number of halogens is 6. The van der Waals surface area contributed by atoms with Gasteiger partial charge in [0.15, 0.2) is 0 Å². The maximum Gasteiger partial charge on any atom is 0.573 e. The van der Waals surface area contributed by atoms with Crippen molar-refractivity contribution in [2.24, 2.45) is 0 Å². The van der Waals surface area contributed by atoms with E-state index in [1.54, 1.807) is 12.1 Å². The summed E-state index contributed by atoms with van der Waals surface area (Å²) in [6.07, 6.45) is -4.68. The van der Waals surface area contributed by atoms with E-state index in [0.717, 1.165) is 41.8 Å². The molecule has 1 aliphatic heterocycles. The molecule has 0 aliphatic carbocycles. The molecule has 1 atom stereocenters. The van der Waals surface area contributed by atoms with E-state index in [1.165, 1.54) is 12.1 Å². The van der Waals surface area contributed by atoms with Crippen LogP contribution in [0.4, 0.5) is 13.2 Å². The number of hydrogen-bond donors (Lipinski definition) is 1. The van der Waals surface area contributed by atoms with Gasteiger partial charge in [-0.05, 0) is 35.4 Å². The van der Waals surface area contributed by atoms with Crippen LogP contribution in [-0.2, 0) is 0 Å². The monoisotopic (exact) mass is 486 g/mol. The molecule has 2 aromatic rings. The van der Waals surface area contributed by atoms with Crippen LogP contribution in [-0.4, -0.2) is 37.4 Å². The van der Waals surface area contributed by atoms with Crippen LogP contribution in [0, 0.1) is 0 Å². The fourth-order valence-corrected chi connectivity index (χ4v) is 3.32. The number of piperazine rings is 1. The second kappa shape index (κ2) is 10.5. The molecule has 0 amide bonds. The van der Waals surface area contributed by atoms with Gasteiger partial charge in [0.05, 0.1) is 6.04 Å². The molecule has 0 spiro atoms. The smallest absolute Gasteiger partial charge is 0.406 e. The molecule has 9 heteroatoms. The van der Waals surface area contributed by atoms with Crippen molar-refractivity contribution < 1.29 is 17.9 Å². The Bertz CT molecular complexity index is 693. The van der Waals surface area contributed by atoms with Crippen molar-refractivity contribution in [3.63, 3.8) is 0 Å². The van der Waals surface area contributed by atoms with E-state index in [0.29, 0.717) is 0 Å². The van der Waals surface area contributed by atoms with Crippen molar-refractivity contribution in [1.82, 2.24) is 10.2 Å². The Morgan fingerprint density at radius 3 is 1.85 bits per heavy atom. The lowest BCUT2D eigenvalue weighted by atomic mass is 9.96. The van der Waals surface area contributed by atoms with Crippen molar-refractivity contribution in [2.75, 3.05) is 26.2 Å². The van der Waals surface area contributed by atoms with Crippen molar-refractivity contribution in [3.8, 4) is 5.75 Å². The Balaban J connectivity index is 0.00000182. The first kappa shape index (κ1) is 24.0. The predicted molar refractivity (Wildman–Crippen MR) is 108 cm³/mol. The van der Waals surface area contributed by atoms with E-state index >= 15 is 0 Å². The number of benzene rings is 2. The van der Waals surface area contributed by atoms with E-state index in [2.05, 4.69) is 30.9 Å². The third-order valence-electron chi connectivity index (χ3n) is 4.13. The molecule has 1 aliphatic rings. The molecule has 3 nitrogen and oxygen atoms in total. The van der Waals surface area contributed by atoms with Gasteiger partial charge in [-0.3, -0.25) is 4.90 Å². The van der Waals surface area contributed by atoms with Crippen LogP contribution in [0.15, 0.2) is 53.0 Å². The summed E-state index contributed by atoms with van der Waals surface area (Å²) in [5.41, 5.74) is 2.05. The Morgan fingerprint density at radius 1 is 0.889 bits per heavy atom. The number of ether oxygens (including phenoxy) is 1. The molecule has 1 heterocycles. The van der Waals surface area contributed by atoms with Gasteiger partial charge in [0, 0.05) is 30.7 Å². The molecule has 0 saturated carbocycles. The number of rotatable bonds is 4. The molecule has 1 fully saturated rings. The lowest BCUT2D eigenvalue weighted by Crippen LogP contribution is -2.45. The number of hydrogen-bond acceptors (Lipinski definition) is 3. The maximum absolute atomic E-state index is 12.4. The van der Waals surface area contributed by atoms with Gasteiger partial charge in [0.25, 0.3) is 0 Å². The quantitative estimate of drug-likeness (QED) is 0.642. The second-order valence-electron chi connectivity index (χ2n) is 5.86. The topological polar surface area (TPSA) is 24.5 Å². The van der Waals surface area contributed by atoms with Crippen LogP contribution in [0.3, 0.4) is 0 Å². The molecule has 1 saturated heterocycles. The summed E-state index contributed by atoms with van der Waals surface area (Å²) < 4.78 is 42.0. The Morgan fingerprint density at radius 2 is 1.37 bits per heavy atom. The Hall–Kier alpha value is -0.990. The number of nitrogens with one attached hydrogen (secondary N) is 1. The summed E-state index contributed by atoms with van der Waals surface area (Å²) in [6, 6.07) is 14.2. The summed E-state index contributed by atoms with van der Waals surface area (Å²) in [7, 11) is 0. The average molecular weight is 488 g/mol. The first-order valence-corrected chi connectivity index (χ1v) is 8.78. The zero-order chi connectivity index (χ0) is 17.9. The van der Waals surface area contributed by atoms with E-state index in [4.69, 9.17) is 0 Å². The Kier molecular flexibility index (Phi) is 9.38. The number of nitrogens with zero attached hydrogens (tertiary/aromatic N) is 1. The van der Waals surface area contributed by atoms with Gasteiger partial charge in [-0.15, -0.1) is 38.0 Å². The van der Waals surface area contributed by atoms with Gasteiger partial charge in [-0.2, -0.15) is 0 Å². The second-order valence-corrected chi connectivity index (χ2v) is 6.77. The minimum atomic E-state index is -4.68. The molecular weight excluding hydrogens is 468 g/mol. The number of alkyl halides is 3. The highest BCUT2D eigenvalue weighted by atomic mass is 79.9. The summed E-state index contributed by atoms with van der Waals surface area (Å²) >= 11 is 3.44. The van der Waals surface area contributed by atoms with Gasteiger partial charge < -0.3 is 10.1 Å². The van der Waals surface area contributed by atoms with Crippen molar-refractivity contribution >= 4 is 40.7 Å². The largest absolute Gasteiger partial charge is 0.573 e. The lowest BCUT2D eigenvalue weighted by molar-refractivity contribution is -0.274. The van der Waals surface area contributed by atoms with Gasteiger partial charge in [-0.1, -0.05) is 40.2 Å². The molecule has 150 valence electrons. The summed E-state index contributed by atoms with van der Waals surface area (Å²) in [5, 5.41) is 3.32. The predicted octanol–water partition coefficient (Wildman–Crippen LogP) is 5.19. The van der Waals surface area contributed by atoms with Crippen LogP contribution in [0.5, 0.6) is 5.75 Å². The van der Waals surface area contributed by atoms with Crippen LogP contribution in [0.25, 0.3) is 0 Å².